The summed E-state index contributed by atoms with van der Waals surface area (Å²) < 4.78 is 0. The van der Waals surface area contributed by atoms with E-state index in [1.807, 2.05) is 11.8 Å². The van der Waals surface area contributed by atoms with Crippen molar-refractivity contribution < 1.29 is 0 Å². The third-order valence-corrected chi connectivity index (χ3v) is 4.53. The quantitative estimate of drug-likeness (QED) is 0.734. The van der Waals surface area contributed by atoms with Gasteiger partial charge in [0.15, 0.2) is 0 Å². The molecule has 0 radical (unpaired) electrons. The monoisotopic (exact) mass is 241 g/mol. The van der Waals surface area contributed by atoms with Crippen LogP contribution in [0.25, 0.3) is 11.1 Å². The smallest absolute Gasteiger partial charge is 0.0766 e. The van der Waals surface area contributed by atoms with Gasteiger partial charge in [-0.25, -0.2) is 0 Å². The molecular weight excluding hydrogens is 226 g/mol. The Balaban J connectivity index is 2.04. The van der Waals surface area contributed by atoms with E-state index in [9.17, 15) is 0 Å². The Bertz CT molecular complexity index is 536. The van der Waals surface area contributed by atoms with Crippen LogP contribution in [0.15, 0.2) is 53.4 Å². The third-order valence-electron chi connectivity index (χ3n) is 3.29. The Morgan fingerprint density at radius 2 is 1.76 bits per heavy atom. The molecule has 0 N–H and O–H groups in total. The Morgan fingerprint density at radius 3 is 2.53 bits per heavy atom. The molecule has 0 fully saturated rings. The van der Waals surface area contributed by atoms with Gasteiger partial charge >= 0.3 is 0 Å². The van der Waals surface area contributed by atoms with Crippen molar-refractivity contribution in [3.63, 3.8) is 0 Å². The maximum Gasteiger partial charge on any atom is 0.0766 e. The first-order valence-corrected chi connectivity index (χ1v) is 6.72. The fourth-order valence-corrected chi connectivity index (χ4v) is 3.34. The fourth-order valence-electron chi connectivity index (χ4n) is 2.17. The second-order valence-corrected chi connectivity index (χ2v) is 5.73. The minimum absolute atomic E-state index is 0.538. The lowest BCUT2D eigenvalue weighted by atomic mass is 10.1. The van der Waals surface area contributed by atoms with E-state index in [2.05, 4.69) is 67.4 Å². The molecule has 0 saturated carbocycles. The lowest BCUT2D eigenvalue weighted by molar-refractivity contribution is 0.924. The van der Waals surface area contributed by atoms with Crippen LogP contribution in [0.1, 0.15) is 6.92 Å². The molecule has 3 rings (SSSR count). The normalized spacial score (nSPS) is 18.2. The molecule has 1 atom stereocenters. The highest BCUT2D eigenvalue weighted by atomic mass is 32.2. The van der Waals surface area contributed by atoms with Crippen molar-refractivity contribution in [2.24, 2.45) is 0 Å². The summed E-state index contributed by atoms with van der Waals surface area (Å²) in [6.07, 6.45) is 0. The number of anilines is 1. The van der Waals surface area contributed by atoms with Crippen LogP contribution in [-0.2, 0) is 0 Å². The number of thioether (sulfide) groups is 1. The van der Waals surface area contributed by atoms with E-state index in [-0.39, 0.29) is 0 Å². The first-order valence-electron chi connectivity index (χ1n) is 5.84. The molecule has 2 aromatic carbocycles. The van der Waals surface area contributed by atoms with Crippen LogP contribution in [-0.4, -0.2) is 12.4 Å². The molecule has 0 bridgehead atoms. The van der Waals surface area contributed by atoms with Gasteiger partial charge in [-0.05, 0) is 30.2 Å². The molecule has 0 aromatic heterocycles. The van der Waals surface area contributed by atoms with Gasteiger partial charge in [0.2, 0.25) is 0 Å². The fraction of sp³-hybridized carbons (Fsp3) is 0.200. The van der Waals surface area contributed by atoms with Crippen molar-refractivity contribution in [1.29, 1.82) is 0 Å². The topological polar surface area (TPSA) is 3.24 Å². The predicted molar refractivity (Wildman–Crippen MR) is 75.6 cm³/mol. The summed E-state index contributed by atoms with van der Waals surface area (Å²) in [4.78, 5) is 3.72. The van der Waals surface area contributed by atoms with Gasteiger partial charge in [0, 0.05) is 11.9 Å². The van der Waals surface area contributed by atoms with Crippen LogP contribution in [0, 0.1) is 0 Å². The number of benzene rings is 2. The molecule has 2 aromatic rings. The van der Waals surface area contributed by atoms with E-state index in [0.717, 1.165) is 0 Å². The van der Waals surface area contributed by atoms with Crippen molar-refractivity contribution in [2.75, 3.05) is 11.9 Å². The predicted octanol–water partition coefficient (Wildman–Crippen LogP) is 4.24. The molecule has 0 spiro atoms. The summed E-state index contributed by atoms with van der Waals surface area (Å²) in [7, 11) is 2.16. The van der Waals surface area contributed by atoms with Gasteiger partial charge in [0.25, 0.3) is 0 Å². The van der Waals surface area contributed by atoms with Gasteiger partial charge in [0.05, 0.1) is 11.1 Å². The Morgan fingerprint density at radius 1 is 1.00 bits per heavy atom. The zero-order chi connectivity index (χ0) is 11.8. The highest BCUT2D eigenvalue weighted by Gasteiger charge is 2.23. The Hall–Kier alpha value is -1.41. The van der Waals surface area contributed by atoms with E-state index in [1.54, 1.807) is 0 Å². The standard InChI is InChI=1S/C15H15NS/c1-11-16(2)14-9-8-13(10-15(14)17-11)12-6-4-3-5-7-12/h3-11H,1-2H3. The van der Waals surface area contributed by atoms with Crippen molar-refractivity contribution in [3.8, 4) is 11.1 Å². The van der Waals surface area contributed by atoms with E-state index in [4.69, 9.17) is 0 Å². The molecule has 1 aliphatic rings. The molecule has 1 aliphatic heterocycles. The second kappa shape index (κ2) is 4.11. The lowest BCUT2D eigenvalue weighted by Gasteiger charge is -2.16. The largest absolute Gasteiger partial charge is 0.362 e. The second-order valence-electron chi connectivity index (χ2n) is 4.38. The highest BCUT2D eigenvalue weighted by molar-refractivity contribution is 8.00. The number of hydrogen-bond acceptors (Lipinski definition) is 2. The van der Waals surface area contributed by atoms with Gasteiger partial charge in [-0.3, -0.25) is 0 Å². The van der Waals surface area contributed by atoms with Crippen molar-refractivity contribution in [1.82, 2.24) is 0 Å². The van der Waals surface area contributed by atoms with Crippen LogP contribution >= 0.6 is 11.8 Å². The first-order chi connectivity index (χ1) is 8.25. The molecule has 0 aliphatic carbocycles. The average Bonchev–Trinajstić information content (AvgIpc) is 2.66. The van der Waals surface area contributed by atoms with Gasteiger partial charge in [-0.1, -0.05) is 48.2 Å². The number of fused-ring (bicyclic) bond motifs is 1. The summed E-state index contributed by atoms with van der Waals surface area (Å²) >= 11 is 1.93. The Labute approximate surface area is 106 Å². The summed E-state index contributed by atoms with van der Waals surface area (Å²) in [5, 5.41) is 0.538. The Kier molecular flexibility index (Phi) is 2.60. The molecule has 0 amide bonds. The van der Waals surface area contributed by atoms with E-state index < -0.39 is 0 Å². The molecule has 2 heteroatoms. The summed E-state index contributed by atoms with van der Waals surface area (Å²) in [5.41, 5.74) is 3.94. The SMILES string of the molecule is CC1Sc2cc(-c3ccccc3)ccc2N1C. The van der Waals surface area contributed by atoms with Crippen molar-refractivity contribution >= 4 is 17.4 Å². The maximum atomic E-state index is 2.33. The van der Waals surface area contributed by atoms with Gasteiger partial charge in [0.1, 0.15) is 0 Å². The molecular formula is C15H15NS. The lowest BCUT2D eigenvalue weighted by Crippen LogP contribution is -2.20. The van der Waals surface area contributed by atoms with E-state index >= 15 is 0 Å². The zero-order valence-electron chi connectivity index (χ0n) is 10.1. The molecule has 1 nitrogen and oxygen atoms in total. The van der Waals surface area contributed by atoms with Crippen LogP contribution < -0.4 is 4.90 Å². The number of rotatable bonds is 1. The summed E-state index contributed by atoms with van der Waals surface area (Å²) in [6.45, 7) is 2.24. The van der Waals surface area contributed by atoms with Crippen molar-refractivity contribution in [3.05, 3.63) is 48.5 Å². The van der Waals surface area contributed by atoms with E-state index in [1.165, 1.54) is 21.7 Å². The van der Waals surface area contributed by atoms with Crippen LogP contribution in [0.5, 0.6) is 0 Å². The molecule has 0 saturated heterocycles. The van der Waals surface area contributed by atoms with E-state index in [0.29, 0.717) is 5.37 Å². The molecule has 1 unspecified atom stereocenters. The number of hydrogen-bond donors (Lipinski definition) is 0. The zero-order valence-corrected chi connectivity index (χ0v) is 10.9. The third kappa shape index (κ3) is 1.83. The van der Waals surface area contributed by atoms with Gasteiger partial charge < -0.3 is 4.90 Å². The van der Waals surface area contributed by atoms with Crippen LogP contribution in [0.4, 0.5) is 5.69 Å². The highest BCUT2D eigenvalue weighted by Crippen LogP contribution is 2.43. The number of nitrogens with zero attached hydrogens (tertiary/aromatic N) is 1. The minimum Gasteiger partial charge on any atom is -0.362 e. The van der Waals surface area contributed by atoms with Gasteiger partial charge in [-0.2, -0.15) is 0 Å². The van der Waals surface area contributed by atoms with Crippen LogP contribution in [0.3, 0.4) is 0 Å². The molecule has 1 heterocycles. The summed E-state index contributed by atoms with van der Waals surface area (Å²) in [5.74, 6) is 0. The first kappa shape index (κ1) is 10.7. The average molecular weight is 241 g/mol. The minimum atomic E-state index is 0.538. The molecule has 17 heavy (non-hydrogen) atoms. The molecule has 86 valence electrons. The van der Waals surface area contributed by atoms with Crippen LogP contribution in [0.2, 0.25) is 0 Å². The maximum absolute atomic E-state index is 2.33. The van der Waals surface area contributed by atoms with Gasteiger partial charge in [-0.15, -0.1) is 0 Å². The summed E-state index contributed by atoms with van der Waals surface area (Å²) in [6, 6.07) is 17.3. The van der Waals surface area contributed by atoms with Crippen molar-refractivity contribution in [2.45, 2.75) is 17.2 Å².